The highest BCUT2D eigenvalue weighted by molar-refractivity contribution is 9.07. The first-order chi connectivity index (χ1) is 15.4. The van der Waals surface area contributed by atoms with E-state index in [1.165, 1.54) is 0 Å². The molecule has 34 heavy (non-hydrogen) atoms. The molecular weight excluding hydrogens is 564 g/mol. The number of hydrogen-bond donors (Lipinski definition) is 0. The lowest BCUT2D eigenvalue weighted by molar-refractivity contribution is 0.991. The van der Waals surface area contributed by atoms with Gasteiger partial charge in [0.05, 0.1) is 0 Å². The maximum atomic E-state index is 6.34. The topological polar surface area (TPSA) is 24.7 Å². The molecule has 2 aliphatic heterocycles. The molecule has 2 heterocycles. The van der Waals surface area contributed by atoms with Crippen molar-refractivity contribution in [2.45, 2.75) is 156 Å². The minimum absolute atomic E-state index is 0.0845. The molecule has 0 aromatic carbocycles. The van der Waals surface area contributed by atoms with Crippen LogP contribution in [0, 0.1) is 0 Å². The third-order valence-electron chi connectivity index (χ3n) is 7.83. The van der Waals surface area contributed by atoms with Gasteiger partial charge in [-0.15, -0.1) is 0 Å². The zero-order valence-electron chi connectivity index (χ0n) is 25.1. The number of hydrogen-bond acceptors (Lipinski definition) is 2. The molecule has 0 aromatic heterocycles. The molecular formula is C24H56N2P8. The van der Waals surface area contributed by atoms with Gasteiger partial charge < -0.3 is 0 Å². The molecule has 0 spiro atoms. The second-order valence-electron chi connectivity index (χ2n) is 12.4. The normalized spacial score (nSPS) is 28.2. The van der Waals surface area contributed by atoms with Crippen molar-refractivity contribution in [2.24, 2.45) is 9.03 Å². The molecule has 0 amide bonds. The van der Waals surface area contributed by atoms with Crippen molar-refractivity contribution < 1.29 is 0 Å². The smallest absolute Gasteiger partial charge is 0.0310 e. The quantitative estimate of drug-likeness (QED) is 0.229. The molecule has 0 unspecified atom stereocenters. The van der Waals surface area contributed by atoms with E-state index >= 15 is 0 Å². The van der Waals surface area contributed by atoms with Crippen LogP contribution in [0.1, 0.15) is 111 Å². The van der Waals surface area contributed by atoms with E-state index in [0.29, 0.717) is 0 Å². The van der Waals surface area contributed by atoms with Crippen LogP contribution in [0.4, 0.5) is 0 Å². The van der Waals surface area contributed by atoms with Crippen molar-refractivity contribution in [3.63, 3.8) is 0 Å². The van der Waals surface area contributed by atoms with E-state index in [2.05, 4.69) is 111 Å². The molecule has 2 rings (SSSR count). The van der Waals surface area contributed by atoms with E-state index in [0.717, 1.165) is 45.3 Å². The van der Waals surface area contributed by atoms with E-state index in [9.17, 15) is 0 Å². The summed E-state index contributed by atoms with van der Waals surface area (Å²) in [4.78, 5) is 0. The highest BCUT2D eigenvalue weighted by Crippen LogP contribution is 3.21. The Morgan fingerprint density at radius 1 is 0.382 bits per heavy atom. The third kappa shape index (κ3) is 5.04. The summed E-state index contributed by atoms with van der Waals surface area (Å²) in [7, 11) is 3.74. The lowest BCUT2D eigenvalue weighted by Gasteiger charge is -2.43. The van der Waals surface area contributed by atoms with Crippen LogP contribution in [0.25, 0.3) is 0 Å². The van der Waals surface area contributed by atoms with Gasteiger partial charge in [-0.25, -0.2) is 0 Å². The standard InChI is InChI=1S/C24H56N2P8/c1-17(2)31(18(3)4)25-33(21(9)10,22(11)12)29(27-31)30-28-32(19(5)6,20(7)8)26-34(30,23(13)14)24(15)16/h17-24H,1-16H3/t29-,30+. The fraction of sp³-hybridized carbons (Fsp3) is 1.00. The zero-order valence-corrected chi connectivity index (χ0v) is 32.2. The van der Waals surface area contributed by atoms with Crippen molar-refractivity contribution in [3.05, 3.63) is 0 Å². The molecule has 2 nitrogen and oxygen atoms in total. The Balaban J connectivity index is 3.13. The van der Waals surface area contributed by atoms with Crippen molar-refractivity contribution in [1.82, 2.24) is 0 Å². The molecule has 0 aliphatic carbocycles. The molecule has 0 saturated carbocycles. The van der Waals surface area contributed by atoms with Crippen LogP contribution >= 0.6 is 56.0 Å². The predicted octanol–water partition coefficient (Wildman–Crippen LogP) is 14.8. The van der Waals surface area contributed by atoms with Gasteiger partial charge in [0.2, 0.25) is 0 Å². The van der Waals surface area contributed by atoms with Crippen molar-refractivity contribution in [1.29, 1.82) is 0 Å². The molecule has 0 N–H and O–H groups in total. The van der Waals surface area contributed by atoms with Crippen LogP contribution in [0.5, 0.6) is 0 Å². The largest absolute Gasteiger partial charge is 0.271 e. The van der Waals surface area contributed by atoms with Crippen LogP contribution in [-0.2, 0) is 0 Å². The number of nitrogens with zero attached hydrogens (tertiary/aromatic N) is 2. The van der Waals surface area contributed by atoms with Gasteiger partial charge in [-0.05, 0) is 60.4 Å². The Bertz CT molecular complexity index is 843. The summed E-state index contributed by atoms with van der Waals surface area (Å²) < 4.78 is 12.7. The van der Waals surface area contributed by atoms with Crippen molar-refractivity contribution >= 4 is 56.0 Å². The lowest BCUT2D eigenvalue weighted by atomic mass is 10.5. The summed E-state index contributed by atoms with van der Waals surface area (Å²) in [6, 6.07) is 0. The van der Waals surface area contributed by atoms with Crippen molar-refractivity contribution in [2.75, 3.05) is 0 Å². The minimum atomic E-state index is -1.42. The Hall–Kier alpha value is 2.78. The van der Waals surface area contributed by atoms with Gasteiger partial charge in [-0.3, -0.25) is 9.03 Å². The maximum absolute atomic E-state index is 6.34. The van der Waals surface area contributed by atoms with E-state index in [1.54, 1.807) is 0 Å². The molecule has 0 bridgehead atoms. The van der Waals surface area contributed by atoms with E-state index in [4.69, 9.17) is 9.03 Å². The van der Waals surface area contributed by atoms with Crippen LogP contribution in [0.3, 0.4) is 0 Å². The summed E-state index contributed by atoms with van der Waals surface area (Å²) in [5.41, 5.74) is 5.84. The fourth-order valence-corrected chi connectivity index (χ4v) is 136. The maximum Gasteiger partial charge on any atom is 0.0310 e. The highest BCUT2D eigenvalue weighted by atomic mass is 33.1. The minimum Gasteiger partial charge on any atom is -0.271 e. The molecule has 202 valence electrons. The van der Waals surface area contributed by atoms with Gasteiger partial charge in [0, 0.05) is 40.9 Å². The van der Waals surface area contributed by atoms with E-state index in [-0.39, 0.29) is 14.0 Å². The van der Waals surface area contributed by atoms with E-state index in [1.807, 2.05) is 15.1 Å². The first-order valence-electron chi connectivity index (χ1n) is 13.5. The van der Waals surface area contributed by atoms with E-state index < -0.39 is 26.9 Å². The summed E-state index contributed by atoms with van der Waals surface area (Å²) in [5.74, 6) is 0. The average Bonchev–Trinajstić information content (AvgIpc) is 3.25. The zero-order chi connectivity index (χ0) is 26.6. The van der Waals surface area contributed by atoms with Gasteiger partial charge in [-0.1, -0.05) is 111 Å². The van der Waals surface area contributed by atoms with Gasteiger partial charge in [-0.2, -0.15) is 0 Å². The second-order valence-corrected chi connectivity index (χ2v) is 54.0. The van der Waals surface area contributed by atoms with Gasteiger partial charge >= 0.3 is 0 Å². The summed E-state index contributed by atoms with van der Waals surface area (Å²) in [6.07, 6.45) is 0. The SMILES string of the molecule is CC(C)P1(C(C)C)=NP(C(C)C)(C(C)C)=P[P@]1[P@]1P=P(C(C)C)(C(C)C)N=P1(C(C)C)C(C)C. The Morgan fingerprint density at radius 3 is 0.735 bits per heavy atom. The van der Waals surface area contributed by atoms with Crippen LogP contribution in [0.2, 0.25) is 0 Å². The van der Waals surface area contributed by atoms with Gasteiger partial charge in [0.15, 0.2) is 0 Å². The number of rotatable bonds is 9. The summed E-state index contributed by atoms with van der Waals surface area (Å²) in [5, 5.41) is 0. The lowest BCUT2D eigenvalue weighted by Crippen LogP contribution is -2.09. The van der Waals surface area contributed by atoms with Gasteiger partial charge in [0.1, 0.15) is 0 Å². The Labute approximate surface area is 220 Å². The molecule has 0 fully saturated rings. The average molecular weight is 621 g/mol. The van der Waals surface area contributed by atoms with Crippen LogP contribution < -0.4 is 0 Å². The van der Waals surface area contributed by atoms with Crippen LogP contribution in [0.15, 0.2) is 9.03 Å². The highest BCUT2D eigenvalue weighted by Gasteiger charge is 2.56. The Kier molecular flexibility index (Phi) is 11.4. The monoisotopic (exact) mass is 620 g/mol. The van der Waals surface area contributed by atoms with Crippen LogP contribution in [-0.4, -0.2) is 45.3 Å². The van der Waals surface area contributed by atoms with Crippen molar-refractivity contribution in [3.8, 4) is 0 Å². The Morgan fingerprint density at radius 2 is 0.588 bits per heavy atom. The fourth-order valence-electron chi connectivity index (χ4n) is 5.73. The molecule has 0 radical (unpaired) electrons. The molecule has 10 heteroatoms. The summed E-state index contributed by atoms with van der Waals surface area (Å²) in [6.45, 7) is 35.0. The third-order valence-corrected chi connectivity index (χ3v) is 86.5. The molecule has 2 atom stereocenters. The van der Waals surface area contributed by atoms with Gasteiger partial charge in [0.25, 0.3) is 0 Å². The first kappa shape index (κ1) is 33.0. The predicted molar refractivity (Wildman–Crippen MR) is 181 cm³/mol. The molecule has 2 aliphatic rings. The first-order valence-corrected chi connectivity index (χ1v) is 30.4. The molecule has 0 saturated heterocycles. The summed E-state index contributed by atoms with van der Waals surface area (Å²) >= 11 is 0. The second kappa shape index (κ2) is 11.7. The molecule has 0 aromatic rings.